The molecule has 0 aliphatic carbocycles. The number of nitrogens with zero attached hydrogens (tertiary/aromatic N) is 4. The zero-order valence-corrected chi connectivity index (χ0v) is 20.4. The number of imidazole rings is 1. The first-order valence-electron chi connectivity index (χ1n) is 10.3. The van der Waals surface area contributed by atoms with Crippen LogP contribution >= 0.6 is 12.2 Å². The molecule has 0 aliphatic heterocycles. The summed E-state index contributed by atoms with van der Waals surface area (Å²) in [7, 11) is 0.267. The molecule has 1 aromatic carbocycles. The first kappa shape index (κ1) is 25.2. The standard InChI is InChI=1S/C21H32FN5O2S2/c1-6-23-20(30)26(12-11-25(4)5)14-19-13-24-21(27(19)16(2)3)31(28,29)15-17-7-9-18(22)10-8-17/h7-10,13,16H,6,11-12,14-15H2,1-5H3,(H,23,30). The summed E-state index contributed by atoms with van der Waals surface area (Å²) in [5.74, 6) is -0.641. The number of nitrogens with one attached hydrogen (secondary N) is 1. The van der Waals surface area contributed by atoms with Crippen LogP contribution in [0, 0.1) is 5.82 Å². The molecule has 0 saturated carbocycles. The molecule has 2 aromatic rings. The molecular weight excluding hydrogens is 437 g/mol. The number of hydrogen-bond donors (Lipinski definition) is 1. The van der Waals surface area contributed by atoms with Crippen molar-refractivity contribution in [3.05, 3.63) is 47.5 Å². The highest BCUT2D eigenvalue weighted by atomic mass is 32.2. The van der Waals surface area contributed by atoms with E-state index >= 15 is 0 Å². The van der Waals surface area contributed by atoms with E-state index in [-0.39, 0.29) is 17.0 Å². The third-order valence-electron chi connectivity index (χ3n) is 4.69. The van der Waals surface area contributed by atoms with Gasteiger partial charge in [0.25, 0.3) is 0 Å². The Hall–Kier alpha value is -2.04. The summed E-state index contributed by atoms with van der Waals surface area (Å²) in [6.07, 6.45) is 1.61. The molecule has 0 fully saturated rings. The number of aromatic nitrogens is 2. The van der Waals surface area contributed by atoms with Crippen molar-refractivity contribution in [2.24, 2.45) is 0 Å². The second-order valence-electron chi connectivity index (χ2n) is 7.94. The highest BCUT2D eigenvalue weighted by Gasteiger charge is 2.26. The van der Waals surface area contributed by atoms with Crippen LogP contribution in [-0.2, 0) is 22.1 Å². The van der Waals surface area contributed by atoms with Gasteiger partial charge in [-0.05, 0) is 64.8 Å². The Bertz CT molecular complexity index is 972. The SMILES string of the molecule is CCNC(=S)N(CCN(C)C)Cc1cnc(S(=O)(=O)Cc2ccc(F)cc2)n1C(C)C. The predicted molar refractivity (Wildman–Crippen MR) is 125 cm³/mol. The average Bonchev–Trinajstić information content (AvgIpc) is 3.11. The fourth-order valence-electron chi connectivity index (χ4n) is 3.17. The average molecular weight is 470 g/mol. The van der Waals surface area contributed by atoms with Crippen molar-refractivity contribution in [2.45, 2.75) is 44.3 Å². The lowest BCUT2D eigenvalue weighted by Crippen LogP contribution is -2.42. The quantitative estimate of drug-likeness (QED) is 0.537. The monoisotopic (exact) mass is 469 g/mol. The lowest BCUT2D eigenvalue weighted by Gasteiger charge is -2.28. The second kappa shape index (κ2) is 11.0. The maximum atomic E-state index is 13.2. The molecule has 172 valence electrons. The molecule has 1 N–H and O–H groups in total. The molecule has 0 atom stereocenters. The van der Waals surface area contributed by atoms with Gasteiger partial charge in [0.1, 0.15) is 5.82 Å². The van der Waals surface area contributed by atoms with Crippen LogP contribution in [0.4, 0.5) is 4.39 Å². The molecule has 1 heterocycles. The van der Waals surface area contributed by atoms with Crippen molar-refractivity contribution in [3.8, 4) is 0 Å². The summed E-state index contributed by atoms with van der Waals surface area (Å²) in [4.78, 5) is 8.36. The third kappa shape index (κ3) is 6.98. The minimum atomic E-state index is -3.72. The predicted octanol–water partition coefficient (Wildman–Crippen LogP) is 2.84. The van der Waals surface area contributed by atoms with Crippen LogP contribution in [0.15, 0.2) is 35.6 Å². The van der Waals surface area contributed by atoms with Crippen molar-refractivity contribution in [1.82, 2.24) is 24.7 Å². The number of hydrogen-bond acceptors (Lipinski definition) is 5. The Balaban J connectivity index is 2.34. The third-order valence-corrected chi connectivity index (χ3v) is 6.66. The molecule has 0 aliphatic rings. The van der Waals surface area contributed by atoms with E-state index in [1.807, 2.05) is 39.8 Å². The fraction of sp³-hybridized carbons (Fsp3) is 0.524. The van der Waals surface area contributed by atoms with E-state index in [0.29, 0.717) is 30.3 Å². The Morgan fingerprint density at radius 1 is 1.23 bits per heavy atom. The van der Waals surface area contributed by atoms with Gasteiger partial charge in [-0.1, -0.05) is 12.1 Å². The van der Waals surface area contributed by atoms with Crippen molar-refractivity contribution < 1.29 is 12.8 Å². The minimum Gasteiger partial charge on any atom is -0.363 e. The van der Waals surface area contributed by atoms with Crippen molar-refractivity contribution in [2.75, 3.05) is 33.7 Å². The van der Waals surface area contributed by atoms with Gasteiger partial charge in [-0.2, -0.15) is 0 Å². The first-order chi connectivity index (χ1) is 14.5. The summed E-state index contributed by atoms with van der Waals surface area (Å²) in [5.41, 5.74) is 1.29. The van der Waals surface area contributed by atoms with E-state index in [1.165, 1.54) is 24.3 Å². The van der Waals surface area contributed by atoms with Crippen molar-refractivity contribution in [1.29, 1.82) is 0 Å². The Morgan fingerprint density at radius 3 is 2.42 bits per heavy atom. The molecule has 31 heavy (non-hydrogen) atoms. The van der Waals surface area contributed by atoms with Crippen LogP contribution in [-0.4, -0.2) is 66.6 Å². The van der Waals surface area contributed by atoms with Crippen molar-refractivity contribution >= 4 is 27.2 Å². The fourth-order valence-corrected chi connectivity index (χ4v) is 5.07. The zero-order valence-electron chi connectivity index (χ0n) is 18.8. The number of halogens is 1. The number of sulfone groups is 1. The van der Waals surface area contributed by atoms with Crippen LogP contribution in [0.5, 0.6) is 0 Å². The summed E-state index contributed by atoms with van der Waals surface area (Å²) in [6.45, 7) is 8.48. The number of rotatable bonds is 10. The van der Waals surface area contributed by atoms with Gasteiger partial charge >= 0.3 is 0 Å². The van der Waals surface area contributed by atoms with Crippen molar-refractivity contribution in [3.63, 3.8) is 0 Å². The van der Waals surface area contributed by atoms with Crippen LogP contribution in [0.1, 0.15) is 38.1 Å². The highest BCUT2D eigenvalue weighted by Crippen LogP contribution is 2.23. The summed E-state index contributed by atoms with van der Waals surface area (Å²) >= 11 is 5.53. The normalized spacial score (nSPS) is 11.9. The van der Waals surface area contributed by atoms with Crippen LogP contribution in [0.3, 0.4) is 0 Å². The molecule has 10 heteroatoms. The largest absolute Gasteiger partial charge is 0.363 e. The van der Waals surface area contributed by atoms with Gasteiger partial charge in [-0.15, -0.1) is 0 Å². The molecular formula is C21H32FN5O2S2. The van der Waals surface area contributed by atoms with Gasteiger partial charge in [0.2, 0.25) is 15.0 Å². The lowest BCUT2D eigenvalue weighted by molar-refractivity contribution is 0.315. The van der Waals surface area contributed by atoms with Gasteiger partial charge in [0, 0.05) is 25.7 Å². The van der Waals surface area contributed by atoms with Gasteiger partial charge in [0.05, 0.1) is 24.2 Å². The van der Waals surface area contributed by atoms with Crippen LogP contribution in [0.2, 0.25) is 0 Å². The Morgan fingerprint density at radius 2 is 1.87 bits per heavy atom. The zero-order chi connectivity index (χ0) is 23.2. The van der Waals surface area contributed by atoms with E-state index in [4.69, 9.17) is 12.2 Å². The molecule has 0 radical (unpaired) electrons. The molecule has 0 spiro atoms. The van der Waals surface area contributed by atoms with Crippen LogP contribution < -0.4 is 5.32 Å². The minimum absolute atomic E-state index is 0.0174. The van der Waals surface area contributed by atoms with E-state index in [9.17, 15) is 12.8 Å². The first-order valence-corrected chi connectivity index (χ1v) is 12.3. The number of benzene rings is 1. The molecule has 7 nitrogen and oxygen atoms in total. The topological polar surface area (TPSA) is 70.5 Å². The van der Waals surface area contributed by atoms with Gasteiger partial charge < -0.3 is 19.7 Å². The van der Waals surface area contributed by atoms with E-state index in [2.05, 4.69) is 15.2 Å². The van der Waals surface area contributed by atoms with Gasteiger partial charge in [-0.25, -0.2) is 17.8 Å². The maximum Gasteiger partial charge on any atom is 0.228 e. The second-order valence-corrected chi connectivity index (χ2v) is 10.2. The Kier molecular flexibility index (Phi) is 8.96. The molecule has 2 rings (SSSR count). The molecule has 0 amide bonds. The maximum absolute atomic E-state index is 13.2. The highest BCUT2D eigenvalue weighted by molar-refractivity contribution is 7.90. The van der Waals surface area contributed by atoms with E-state index < -0.39 is 15.7 Å². The summed E-state index contributed by atoms with van der Waals surface area (Å²) in [5, 5.41) is 3.81. The lowest BCUT2D eigenvalue weighted by atomic mass is 10.2. The molecule has 0 bridgehead atoms. The summed E-state index contributed by atoms with van der Waals surface area (Å²) < 4.78 is 41.2. The molecule has 0 unspecified atom stereocenters. The van der Waals surface area contributed by atoms with Gasteiger partial charge in [0.15, 0.2) is 5.11 Å². The molecule has 1 aromatic heterocycles. The summed E-state index contributed by atoms with van der Waals surface area (Å²) in [6, 6.07) is 5.37. The molecule has 0 saturated heterocycles. The van der Waals surface area contributed by atoms with E-state index in [0.717, 1.165) is 12.2 Å². The number of likely N-dealkylation sites (N-methyl/N-ethyl adjacent to an activating group) is 1. The smallest absolute Gasteiger partial charge is 0.228 e. The van der Waals surface area contributed by atoms with E-state index in [1.54, 1.807) is 10.8 Å². The number of thiocarbonyl (C=S) groups is 1. The Labute approximate surface area is 190 Å². The van der Waals surface area contributed by atoms with Crippen LogP contribution in [0.25, 0.3) is 0 Å². The van der Waals surface area contributed by atoms with Gasteiger partial charge in [-0.3, -0.25) is 0 Å².